The zero-order chi connectivity index (χ0) is 50.6. The van der Waals surface area contributed by atoms with Crippen LogP contribution in [0.4, 0.5) is 0 Å². The van der Waals surface area contributed by atoms with Gasteiger partial charge in [-0.3, -0.25) is 9.59 Å². The van der Waals surface area contributed by atoms with Crippen molar-refractivity contribution < 1.29 is 23.8 Å². The van der Waals surface area contributed by atoms with Crippen LogP contribution in [-0.4, -0.2) is 37.9 Å². The van der Waals surface area contributed by atoms with Crippen LogP contribution in [0, 0.1) is 0 Å². The van der Waals surface area contributed by atoms with E-state index in [-0.39, 0.29) is 25.2 Å². The molecule has 0 bridgehead atoms. The van der Waals surface area contributed by atoms with Gasteiger partial charge in [0.1, 0.15) is 6.61 Å². The van der Waals surface area contributed by atoms with Crippen molar-refractivity contribution in [2.24, 2.45) is 0 Å². The fourth-order valence-corrected chi connectivity index (χ4v) is 7.65. The van der Waals surface area contributed by atoms with Gasteiger partial charge in [-0.25, -0.2) is 0 Å². The molecule has 70 heavy (non-hydrogen) atoms. The lowest BCUT2D eigenvalue weighted by Gasteiger charge is -2.18. The Bertz CT molecular complexity index is 1420. The van der Waals surface area contributed by atoms with Crippen LogP contribution in [0.2, 0.25) is 0 Å². The van der Waals surface area contributed by atoms with Crippen molar-refractivity contribution >= 4 is 11.9 Å². The minimum absolute atomic E-state index is 0.0318. The molecule has 0 amide bonds. The van der Waals surface area contributed by atoms with Crippen LogP contribution in [0.1, 0.15) is 252 Å². The monoisotopic (exact) mass is 969 g/mol. The Hall–Kier alpha value is -3.70. The van der Waals surface area contributed by atoms with Gasteiger partial charge >= 0.3 is 11.9 Å². The molecule has 398 valence electrons. The minimum atomic E-state index is -0.585. The molecule has 1 unspecified atom stereocenters. The third-order valence-corrected chi connectivity index (χ3v) is 12.0. The quantitative estimate of drug-likeness (QED) is 0.0345. The molecule has 0 saturated carbocycles. The third kappa shape index (κ3) is 56.9. The smallest absolute Gasteiger partial charge is 0.306 e. The molecule has 5 heteroatoms. The first-order valence-electron chi connectivity index (χ1n) is 29.1. The van der Waals surface area contributed by atoms with Crippen LogP contribution in [-0.2, 0) is 23.8 Å². The van der Waals surface area contributed by atoms with Crippen molar-refractivity contribution in [1.29, 1.82) is 0 Å². The lowest BCUT2D eigenvalue weighted by Crippen LogP contribution is -2.30. The molecule has 0 radical (unpaired) electrons. The van der Waals surface area contributed by atoms with Gasteiger partial charge < -0.3 is 14.2 Å². The fourth-order valence-electron chi connectivity index (χ4n) is 7.65. The largest absolute Gasteiger partial charge is 0.462 e. The van der Waals surface area contributed by atoms with Gasteiger partial charge in [0.25, 0.3) is 0 Å². The summed E-state index contributed by atoms with van der Waals surface area (Å²) in [6, 6.07) is 0. The third-order valence-electron chi connectivity index (χ3n) is 12.0. The highest BCUT2D eigenvalue weighted by atomic mass is 16.6. The van der Waals surface area contributed by atoms with E-state index in [0.29, 0.717) is 25.9 Å². The van der Waals surface area contributed by atoms with Gasteiger partial charge in [0.05, 0.1) is 6.61 Å². The van der Waals surface area contributed by atoms with E-state index in [9.17, 15) is 9.59 Å². The van der Waals surface area contributed by atoms with Crippen LogP contribution in [0.5, 0.6) is 0 Å². The van der Waals surface area contributed by atoms with Gasteiger partial charge in [0.15, 0.2) is 6.10 Å². The van der Waals surface area contributed by atoms with Gasteiger partial charge in [-0.15, -0.1) is 0 Å². The summed E-state index contributed by atoms with van der Waals surface area (Å²) in [5, 5.41) is 0. The molecule has 0 heterocycles. The van der Waals surface area contributed by atoms with Gasteiger partial charge in [-0.05, 0) is 122 Å². The molecule has 0 aliphatic carbocycles. The first-order chi connectivity index (χ1) is 34.6. The number of carbonyl (C=O) groups is 2. The zero-order valence-corrected chi connectivity index (χ0v) is 45.7. The van der Waals surface area contributed by atoms with Crippen LogP contribution in [0.15, 0.2) is 122 Å². The Morgan fingerprint density at radius 3 is 1.09 bits per heavy atom. The van der Waals surface area contributed by atoms with E-state index in [1.165, 1.54) is 122 Å². The second-order valence-electron chi connectivity index (χ2n) is 18.8. The van der Waals surface area contributed by atoms with Gasteiger partial charge in [0, 0.05) is 19.4 Å². The molecule has 0 aliphatic rings. The molecule has 5 nitrogen and oxygen atoms in total. The average molecular weight is 970 g/mol. The molecule has 0 spiro atoms. The number of ether oxygens (including phenoxy) is 3. The Morgan fingerprint density at radius 2 is 0.671 bits per heavy atom. The minimum Gasteiger partial charge on any atom is -0.462 e. The topological polar surface area (TPSA) is 61.8 Å². The molecular formula is C65H108O5. The van der Waals surface area contributed by atoms with Crippen molar-refractivity contribution in [3.05, 3.63) is 122 Å². The molecule has 0 rings (SSSR count). The van der Waals surface area contributed by atoms with E-state index in [0.717, 1.165) is 89.9 Å². The van der Waals surface area contributed by atoms with E-state index in [2.05, 4.69) is 136 Å². The van der Waals surface area contributed by atoms with Crippen molar-refractivity contribution in [2.75, 3.05) is 19.8 Å². The van der Waals surface area contributed by atoms with Crippen molar-refractivity contribution in [1.82, 2.24) is 0 Å². The highest BCUT2D eigenvalue weighted by Gasteiger charge is 2.17. The van der Waals surface area contributed by atoms with Crippen LogP contribution in [0.25, 0.3) is 0 Å². The number of esters is 2. The highest BCUT2D eigenvalue weighted by Crippen LogP contribution is 2.14. The summed E-state index contributed by atoms with van der Waals surface area (Å²) >= 11 is 0. The molecule has 1 atom stereocenters. The molecular weight excluding hydrogens is 861 g/mol. The van der Waals surface area contributed by atoms with Gasteiger partial charge in [0.2, 0.25) is 0 Å². The fraction of sp³-hybridized carbons (Fsp3) is 0.662. The summed E-state index contributed by atoms with van der Waals surface area (Å²) in [6.45, 7) is 7.57. The van der Waals surface area contributed by atoms with E-state index in [1.807, 2.05) is 6.08 Å². The maximum Gasteiger partial charge on any atom is 0.306 e. The number of allylic oxidation sites excluding steroid dienone is 20. The zero-order valence-electron chi connectivity index (χ0n) is 45.7. The molecule has 0 aromatic heterocycles. The number of hydrogen-bond donors (Lipinski definition) is 0. The lowest BCUT2D eigenvalue weighted by atomic mass is 10.1. The van der Waals surface area contributed by atoms with E-state index >= 15 is 0 Å². The predicted molar refractivity (Wildman–Crippen MR) is 306 cm³/mol. The predicted octanol–water partition coefficient (Wildman–Crippen LogP) is 20.1. The van der Waals surface area contributed by atoms with E-state index in [1.54, 1.807) is 0 Å². The highest BCUT2D eigenvalue weighted by molar-refractivity contribution is 5.70. The molecule has 0 saturated heterocycles. The standard InChI is InChI=1S/C65H108O5/c1-4-7-10-13-16-19-22-25-28-30-32-34-36-39-42-45-48-51-54-57-60-68-61-63(70-65(67)59-56-53-50-47-44-41-37-27-24-21-18-15-12-9-6-3)62-69-64(66)58-55-52-49-46-43-40-38-35-33-31-29-26-23-20-17-14-11-8-5-2/h8,11,16-21,25-29,33,35,37,40,43,49,52,63H,4-7,9-10,12-15,22-24,30-32,34,36,38-39,41-42,44-48,50-51,53-62H2,1-3H3/b11-8-,19-16-,20-17-,21-18-,28-25-,29-26-,35-33-,37-27-,43-40-,52-49-. The molecule has 0 N–H and O–H groups in total. The molecule has 0 aromatic carbocycles. The van der Waals surface area contributed by atoms with Crippen molar-refractivity contribution in [3.63, 3.8) is 0 Å². The lowest BCUT2D eigenvalue weighted by molar-refractivity contribution is -0.162. The Balaban J connectivity index is 4.41. The Morgan fingerprint density at radius 1 is 0.329 bits per heavy atom. The summed E-state index contributed by atoms with van der Waals surface area (Å²) in [4.78, 5) is 25.5. The summed E-state index contributed by atoms with van der Waals surface area (Å²) in [5.74, 6) is -0.514. The summed E-state index contributed by atoms with van der Waals surface area (Å²) in [5.41, 5.74) is 0. The van der Waals surface area contributed by atoms with Crippen molar-refractivity contribution in [2.45, 2.75) is 258 Å². The maximum absolute atomic E-state index is 12.9. The molecule has 0 aromatic rings. The second kappa shape index (κ2) is 59.6. The molecule has 0 fully saturated rings. The number of carbonyl (C=O) groups excluding carboxylic acids is 2. The Kier molecular flexibility index (Phi) is 56.5. The molecule has 0 aliphatic heterocycles. The summed E-state index contributed by atoms with van der Waals surface area (Å²) < 4.78 is 17.4. The van der Waals surface area contributed by atoms with Crippen LogP contribution in [0.3, 0.4) is 0 Å². The normalized spacial score (nSPS) is 13.1. The first kappa shape index (κ1) is 66.3. The van der Waals surface area contributed by atoms with Gasteiger partial charge in [-0.2, -0.15) is 0 Å². The van der Waals surface area contributed by atoms with Crippen LogP contribution < -0.4 is 0 Å². The summed E-state index contributed by atoms with van der Waals surface area (Å²) in [6.07, 6.45) is 83.7. The van der Waals surface area contributed by atoms with E-state index in [4.69, 9.17) is 14.2 Å². The number of hydrogen-bond acceptors (Lipinski definition) is 5. The van der Waals surface area contributed by atoms with E-state index < -0.39 is 6.10 Å². The first-order valence-corrected chi connectivity index (χ1v) is 29.1. The average Bonchev–Trinajstić information content (AvgIpc) is 3.36. The second-order valence-corrected chi connectivity index (χ2v) is 18.8. The maximum atomic E-state index is 12.9. The van der Waals surface area contributed by atoms with Crippen LogP contribution >= 0.6 is 0 Å². The van der Waals surface area contributed by atoms with Gasteiger partial charge in [-0.1, -0.05) is 239 Å². The van der Waals surface area contributed by atoms with Crippen molar-refractivity contribution in [3.8, 4) is 0 Å². The Labute approximate surface area is 433 Å². The number of rotatable bonds is 52. The summed E-state index contributed by atoms with van der Waals surface area (Å²) in [7, 11) is 0. The SMILES string of the molecule is CC/C=C\C/C=C\C/C=C\C/C=C\C/C=C\C/C=C\CCC(=O)OCC(COCCCCCCCCCCCC/C=C\C/C=C\CCCCC)OC(=O)CCCCCCC/C=C\C/C=C\CCCCC. The number of unbranched alkanes of at least 4 members (excludes halogenated alkanes) is 21.